The number of amides is 1. The lowest BCUT2D eigenvalue weighted by atomic mass is 10.0. The second kappa shape index (κ2) is 5.23. The molecule has 1 fully saturated rings. The van der Waals surface area contributed by atoms with Gasteiger partial charge < -0.3 is 10.1 Å². The van der Waals surface area contributed by atoms with Crippen LogP contribution < -0.4 is 5.32 Å². The van der Waals surface area contributed by atoms with Gasteiger partial charge in [0.1, 0.15) is 5.54 Å². The quantitative estimate of drug-likeness (QED) is 0.672. The number of carbonyl (C=O) groups is 2. The van der Waals surface area contributed by atoms with Crippen LogP contribution >= 0.6 is 0 Å². The van der Waals surface area contributed by atoms with E-state index in [2.05, 4.69) is 10.1 Å². The fourth-order valence-corrected chi connectivity index (χ4v) is 3.48. The van der Waals surface area contributed by atoms with Gasteiger partial charge in [-0.15, -0.1) is 0 Å². The monoisotopic (exact) mass is 278 g/mol. The highest BCUT2D eigenvalue weighted by Gasteiger charge is 2.44. The summed E-state index contributed by atoms with van der Waals surface area (Å²) < 4.78 is 29.8. The van der Waals surface area contributed by atoms with E-state index in [1.54, 1.807) is 6.92 Å². The van der Waals surface area contributed by atoms with Crippen LogP contribution in [0.4, 0.5) is 0 Å². The van der Waals surface area contributed by atoms with E-state index in [9.17, 15) is 18.0 Å². The first-order valence-electron chi connectivity index (χ1n) is 5.66. The van der Waals surface area contributed by atoms with Gasteiger partial charge in [0.05, 0.1) is 6.61 Å². The molecule has 0 aromatic carbocycles. The molecule has 0 atom stereocenters. The van der Waals surface area contributed by atoms with Gasteiger partial charge in [-0.1, -0.05) is 0 Å². The lowest BCUT2D eigenvalue weighted by Crippen LogP contribution is -2.63. The molecule has 1 saturated heterocycles. The summed E-state index contributed by atoms with van der Waals surface area (Å²) in [5.41, 5.74) is -1.19. The molecule has 0 aliphatic carbocycles. The lowest BCUT2D eigenvalue weighted by molar-refractivity contribution is -0.140. The van der Waals surface area contributed by atoms with Crippen LogP contribution in [0, 0.1) is 0 Å². The Kier molecular flexibility index (Phi) is 4.33. The fraction of sp³-hybridized carbons (Fsp3) is 0.800. The molecule has 0 aromatic rings. The van der Waals surface area contributed by atoms with Gasteiger partial charge >= 0.3 is 5.97 Å². The van der Waals surface area contributed by atoms with Crippen LogP contribution in [0.2, 0.25) is 0 Å². The van der Waals surface area contributed by atoms with E-state index >= 15 is 0 Å². The number of hydrogen-bond acceptors (Lipinski definition) is 5. The first kappa shape index (κ1) is 14.9. The van der Waals surface area contributed by atoms with Crippen molar-refractivity contribution in [2.45, 2.75) is 26.3 Å². The van der Waals surface area contributed by atoms with E-state index in [0.29, 0.717) is 0 Å². The molecule has 0 aromatic heterocycles. The predicted molar refractivity (Wildman–Crippen MR) is 64.2 cm³/mol. The Balaban J connectivity index is 2.90. The summed E-state index contributed by atoms with van der Waals surface area (Å²) in [6, 6.07) is 0. The van der Waals surface area contributed by atoms with E-state index < -0.39 is 27.3 Å². The number of hydrogen-bond donors (Lipinski definition) is 1. The molecule has 0 radical (unpaired) electrons. The van der Waals surface area contributed by atoms with Gasteiger partial charge in [0.25, 0.3) is 0 Å². The maximum absolute atomic E-state index is 12.1. The zero-order valence-corrected chi connectivity index (χ0v) is 11.5. The summed E-state index contributed by atoms with van der Waals surface area (Å²) in [4.78, 5) is 22.9. The third-order valence-corrected chi connectivity index (χ3v) is 4.63. The number of nitrogens with zero attached hydrogens (tertiary/aromatic N) is 1. The molecule has 1 amide bonds. The van der Waals surface area contributed by atoms with Crippen LogP contribution in [-0.4, -0.2) is 55.6 Å². The van der Waals surface area contributed by atoms with Crippen molar-refractivity contribution in [3.63, 3.8) is 0 Å². The number of piperazine rings is 1. The molecule has 1 heterocycles. The van der Waals surface area contributed by atoms with E-state index in [-0.39, 0.29) is 25.6 Å². The van der Waals surface area contributed by atoms with Gasteiger partial charge in [-0.2, -0.15) is 4.31 Å². The Hall–Kier alpha value is -1.15. The average molecular weight is 278 g/mol. The van der Waals surface area contributed by atoms with Crippen LogP contribution in [0.15, 0.2) is 0 Å². The SMILES string of the molecule is CCOC(=O)CS(=O)(=O)N1CCNC(=O)C1(C)C. The molecule has 1 rings (SSSR count). The minimum Gasteiger partial charge on any atom is -0.465 e. The number of rotatable bonds is 4. The molecule has 0 unspecified atom stereocenters. The van der Waals surface area contributed by atoms with E-state index in [0.717, 1.165) is 4.31 Å². The highest BCUT2D eigenvalue weighted by molar-refractivity contribution is 7.89. The fourth-order valence-electron chi connectivity index (χ4n) is 1.80. The van der Waals surface area contributed by atoms with Gasteiger partial charge in [-0.05, 0) is 20.8 Å². The summed E-state index contributed by atoms with van der Waals surface area (Å²) >= 11 is 0. The first-order chi connectivity index (χ1) is 8.21. The number of esters is 1. The molecule has 8 heteroatoms. The van der Waals surface area contributed by atoms with Crippen molar-refractivity contribution in [1.29, 1.82) is 0 Å². The molecular formula is C10H18N2O5S. The first-order valence-corrected chi connectivity index (χ1v) is 7.27. The van der Waals surface area contributed by atoms with Crippen LogP contribution in [0.1, 0.15) is 20.8 Å². The van der Waals surface area contributed by atoms with Crippen LogP contribution in [0.3, 0.4) is 0 Å². The third kappa shape index (κ3) is 2.99. The second-order valence-electron chi connectivity index (χ2n) is 4.45. The Morgan fingerprint density at radius 3 is 2.67 bits per heavy atom. The molecule has 7 nitrogen and oxygen atoms in total. The van der Waals surface area contributed by atoms with Crippen molar-refractivity contribution in [2.75, 3.05) is 25.4 Å². The average Bonchev–Trinajstić information content (AvgIpc) is 2.21. The topological polar surface area (TPSA) is 92.8 Å². The summed E-state index contributed by atoms with van der Waals surface area (Å²) in [7, 11) is -3.85. The minimum atomic E-state index is -3.85. The number of sulfonamides is 1. The zero-order valence-electron chi connectivity index (χ0n) is 10.7. The van der Waals surface area contributed by atoms with Gasteiger partial charge in [0.2, 0.25) is 15.9 Å². The highest BCUT2D eigenvalue weighted by Crippen LogP contribution is 2.21. The van der Waals surface area contributed by atoms with Crippen molar-refractivity contribution in [2.24, 2.45) is 0 Å². The van der Waals surface area contributed by atoms with Crippen molar-refractivity contribution in [3.05, 3.63) is 0 Å². The van der Waals surface area contributed by atoms with Crippen molar-refractivity contribution in [3.8, 4) is 0 Å². The maximum Gasteiger partial charge on any atom is 0.322 e. The number of carbonyl (C=O) groups excluding carboxylic acids is 2. The van der Waals surface area contributed by atoms with Gasteiger partial charge in [0, 0.05) is 13.1 Å². The molecule has 1 aliphatic rings. The Morgan fingerprint density at radius 1 is 1.50 bits per heavy atom. The third-order valence-electron chi connectivity index (χ3n) is 2.72. The summed E-state index contributed by atoms with van der Waals surface area (Å²) in [6.07, 6.45) is 0. The van der Waals surface area contributed by atoms with Crippen LogP contribution in [-0.2, 0) is 24.3 Å². The predicted octanol–water partition coefficient (Wildman–Crippen LogP) is -0.910. The zero-order chi connectivity index (χ0) is 14.0. The summed E-state index contributed by atoms with van der Waals surface area (Å²) in [5.74, 6) is -1.92. The standard InChI is InChI=1S/C10H18N2O5S/c1-4-17-8(13)7-18(15,16)12-6-5-11-9(14)10(12,2)3/h4-7H2,1-3H3,(H,11,14). The molecule has 0 saturated carbocycles. The Labute approximate surface area is 107 Å². The van der Waals surface area contributed by atoms with E-state index in [1.807, 2.05) is 0 Å². The van der Waals surface area contributed by atoms with E-state index in [4.69, 9.17) is 0 Å². The molecule has 0 spiro atoms. The number of ether oxygens (including phenoxy) is 1. The maximum atomic E-state index is 12.1. The van der Waals surface area contributed by atoms with Gasteiger partial charge in [-0.3, -0.25) is 9.59 Å². The Morgan fingerprint density at radius 2 is 2.11 bits per heavy atom. The summed E-state index contributed by atoms with van der Waals surface area (Å²) in [6.45, 7) is 5.13. The normalized spacial score (nSPS) is 20.3. The molecule has 18 heavy (non-hydrogen) atoms. The van der Waals surface area contributed by atoms with E-state index in [1.165, 1.54) is 13.8 Å². The minimum absolute atomic E-state index is 0.123. The molecule has 1 aliphatic heterocycles. The number of nitrogens with one attached hydrogen (secondary N) is 1. The molecule has 104 valence electrons. The highest BCUT2D eigenvalue weighted by atomic mass is 32.2. The largest absolute Gasteiger partial charge is 0.465 e. The van der Waals surface area contributed by atoms with Crippen molar-refractivity contribution in [1.82, 2.24) is 9.62 Å². The lowest BCUT2D eigenvalue weighted by Gasteiger charge is -2.39. The smallest absolute Gasteiger partial charge is 0.322 e. The molecule has 0 bridgehead atoms. The van der Waals surface area contributed by atoms with Gasteiger partial charge in [0.15, 0.2) is 5.75 Å². The van der Waals surface area contributed by atoms with Crippen molar-refractivity contribution < 1.29 is 22.7 Å². The van der Waals surface area contributed by atoms with Crippen molar-refractivity contribution >= 4 is 21.9 Å². The van der Waals surface area contributed by atoms with Crippen LogP contribution in [0.5, 0.6) is 0 Å². The van der Waals surface area contributed by atoms with Gasteiger partial charge in [-0.25, -0.2) is 8.42 Å². The molecule has 1 N–H and O–H groups in total. The molecular weight excluding hydrogens is 260 g/mol. The second-order valence-corrected chi connectivity index (χ2v) is 6.34. The Bertz CT molecular complexity index is 443. The van der Waals surface area contributed by atoms with Crippen LogP contribution in [0.25, 0.3) is 0 Å². The summed E-state index contributed by atoms with van der Waals surface area (Å²) in [5, 5.41) is 2.59.